The highest BCUT2D eigenvalue weighted by Gasteiger charge is 2.27. The molecule has 0 spiro atoms. The van der Waals surface area contributed by atoms with Crippen molar-refractivity contribution in [3.63, 3.8) is 0 Å². The number of rotatable bonds is 2. The largest absolute Gasteiger partial charge is 0.490 e. The highest BCUT2D eigenvalue weighted by Crippen LogP contribution is 2.37. The van der Waals surface area contributed by atoms with Crippen LogP contribution in [0.4, 0.5) is 0 Å². The summed E-state index contributed by atoms with van der Waals surface area (Å²) in [6, 6.07) is 13.3. The van der Waals surface area contributed by atoms with E-state index in [1.165, 1.54) is 0 Å². The molecular formula is C17H17BrO3. The number of benzene rings is 2. The average Bonchev–Trinajstić information content (AvgIpc) is 2.71. The van der Waals surface area contributed by atoms with Gasteiger partial charge in [-0.2, -0.15) is 0 Å². The van der Waals surface area contributed by atoms with E-state index >= 15 is 0 Å². The Morgan fingerprint density at radius 3 is 2.48 bits per heavy atom. The summed E-state index contributed by atoms with van der Waals surface area (Å²) in [7, 11) is 0. The van der Waals surface area contributed by atoms with E-state index < -0.39 is 5.60 Å². The quantitative estimate of drug-likeness (QED) is 0.895. The zero-order valence-corrected chi connectivity index (χ0v) is 13.4. The Kier molecular flexibility index (Phi) is 3.91. The van der Waals surface area contributed by atoms with E-state index in [1.54, 1.807) is 6.92 Å². The smallest absolute Gasteiger partial charge is 0.161 e. The van der Waals surface area contributed by atoms with Crippen LogP contribution < -0.4 is 9.47 Å². The lowest BCUT2D eigenvalue weighted by Gasteiger charge is -2.25. The van der Waals surface area contributed by atoms with Gasteiger partial charge in [-0.15, -0.1) is 0 Å². The fourth-order valence-corrected chi connectivity index (χ4v) is 2.82. The van der Waals surface area contributed by atoms with E-state index in [0.29, 0.717) is 19.0 Å². The summed E-state index contributed by atoms with van der Waals surface area (Å²) in [6.45, 7) is 3.08. The predicted molar refractivity (Wildman–Crippen MR) is 84.9 cm³/mol. The van der Waals surface area contributed by atoms with Crippen molar-refractivity contribution in [3.8, 4) is 11.5 Å². The molecule has 0 radical (unpaired) electrons. The Morgan fingerprint density at radius 1 is 1.00 bits per heavy atom. The molecule has 0 aliphatic carbocycles. The zero-order valence-electron chi connectivity index (χ0n) is 11.8. The zero-order chi connectivity index (χ0) is 14.9. The first-order valence-electron chi connectivity index (χ1n) is 6.96. The van der Waals surface area contributed by atoms with Gasteiger partial charge in [-0.25, -0.2) is 0 Å². The highest BCUT2D eigenvalue weighted by atomic mass is 79.9. The molecule has 0 amide bonds. The molecule has 1 aliphatic heterocycles. The minimum absolute atomic E-state index is 0.634. The molecule has 1 aliphatic rings. The van der Waals surface area contributed by atoms with Gasteiger partial charge in [0.1, 0.15) is 5.60 Å². The van der Waals surface area contributed by atoms with Crippen LogP contribution >= 0.6 is 15.9 Å². The van der Waals surface area contributed by atoms with E-state index in [9.17, 15) is 5.11 Å². The van der Waals surface area contributed by atoms with Crippen molar-refractivity contribution in [1.82, 2.24) is 0 Å². The van der Waals surface area contributed by atoms with E-state index in [1.807, 2.05) is 42.5 Å². The van der Waals surface area contributed by atoms with Crippen molar-refractivity contribution in [1.29, 1.82) is 0 Å². The first kappa shape index (κ1) is 14.4. The van der Waals surface area contributed by atoms with Crippen molar-refractivity contribution in [3.05, 3.63) is 58.1 Å². The van der Waals surface area contributed by atoms with Gasteiger partial charge in [0.25, 0.3) is 0 Å². The summed E-state index contributed by atoms with van der Waals surface area (Å²) in [4.78, 5) is 0. The molecule has 1 N–H and O–H groups in total. The van der Waals surface area contributed by atoms with Crippen LogP contribution in [0, 0.1) is 0 Å². The van der Waals surface area contributed by atoms with E-state index in [4.69, 9.17) is 9.47 Å². The third kappa shape index (κ3) is 2.92. The fraction of sp³-hybridized carbons (Fsp3) is 0.294. The van der Waals surface area contributed by atoms with E-state index in [2.05, 4.69) is 15.9 Å². The molecule has 21 heavy (non-hydrogen) atoms. The molecule has 0 aromatic heterocycles. The lowest BCUT2D eigenvalue weighted by Crippen LogP contribution is -2.22. The molecule has 0 saturated carbocycles. The van der Waals surface area contributed by atoms with Gasteiger partial charge in [-0.1, -0.05) is 34.1 Å². The second-order valence-electron chi connectivity index (χ2n) is 5.29. The number of aliphatic hydroxyl groups is 1. The highest BCUT2D eigenvalue weighted by molar-refractivity contribution is 9.10. The van der Waals surface area contributed by atoms with Crippen LogP contribution in [0.1, 0.15) is 24.5 Å². The van der Waals surface area contributed by atoms with Gasteiger partial charge in [0, 0.05) is 10.9 Å². The van der Waals surface area contributed by atoms with Crippen molar-refractivity contribution in [2.45, 2.75) is 18.9 Å². The van der Waals surface area contributed by atoms with Crippen LogP contribution in [0.15, 0.2) is 46.9 Å². The van der Waals surface area contributed by atoms with Gasteiger partial charge in [0.15, 0.2) is 11.5 Å². The number of halogens is 1. The summed E-state index contributed by atoms with van der Waals surface area (Å²) < 4.78 is 12.3. The Morgan fingerprint density at radius 2 is 1.71 bits per heavy atom. The maximum Gasteiger partial charge on any atom is 0.161 e. The first-order chi connectivity index (χ1) is 10.1. The minimum atomic E-state index is -1.09. The van der Waals surface area contributed by atoms with Gasteiger partial charge in [0.05, 0.1) is 13.2 Å². The molecule has 2 aromatic rings. The maximum absolute atomic E-state index is 10.9. The topological polar surface area (TPSA) is 38.7 Å². The third-order valence-electron chi connectivity index (χ3n) is 3.70. The molecule has 3 rings (SSSR count). The first-order valence-corrected chi connectivity index (χ1v) is 7.75. The van der Waals surface area contributed by atoms with Crippen molar-refractivity contribution in [2.75, 3.05) is 13.2 Å². The second kappa shape index (κ2) is 5.70. The van der Waals surface area contributed by atoms with Gasteiger partial charge in [-0.3, -0.25) is 0 Å². The van der Waals surface area contributed by atoms with Crippen molar-refractivity contribution >= 4 is 15.9 Å². The predicted octanol–water partition coefficient (Wildman–Crippen LogP) is 3.87. The van der Waals surface area contributed by atoms with Crippen molar-refractivity contribution in [2.24, 2.45) is 0 Å². The molecule has 0 fully saturated rings. The normalized spacial score (nSPS) is 16.9. The molecule has 1 unspecified atom stereocenters. The minimum Gasteiger partial charge on any atom is -0.490 e. The SMILES string of the molecule is CC(O)(c1cccc(Br)c1)c1ccc2c(c1)OCCCO2. The Hall–Kier alpha value is -1.52. The van der Waals surface area contributed by atoms with E-state index in [-0.39, 0.29) is 0 Å². The van der Waals surface area contributed by atoms with E-state index in [0.717, 1.165) is 27.8 Å². The number of hydrogen-bond donors (Lipinski definition) is 1. The number of ether oxygens (including phenoxy) is 2. The lowest BCUT2D eigenvalue weighted by atomic mass is 9.88. The standard InChI is InChI=1S/C17H17BrO3/c1-17(19,12-4-2-5-14(18)10-12)13-6-7-15-16(11-13)21-9-3-8-20-15/h2,4-7,10-11,19H,3,8-9H2,1H3. The lowest BCUT2D eigenvalue weighted by molar-refractivity contribution is 0.102. The molecule has 4 heteroatoms. The summed E-state index contributed by atoms with van der Waals surface area (Å²) in [5.74, 6) is 1.43. The molecule has 0 saturated heterocycles. The van der Waals surface area contributed by atoms with Gasteiger partial charge in [0.2, 0.25) is 0 Å². The second-order valence-corrected chi connectivity index (χ2v) is 6.21. The molecular weight excluding hydrogens is 332 g/mol. The number of hydrogen-bond acceptors (Lipinski definition) is 3. The third-order valence-corrected chi connectivity index (χ3v) is 4.19. The molecule has 110 valence electrons. The monoisotopic (exact) mass is 348 g/mol. The molecule has 1 heterocycles. The average molecular weight is 349 g/mol. The van der Waals surface area contributed by atoms with Gasteiger partial charge >= 0.3 is 0 Å². The van der Waals surface area contributed by atoms with Crippen LogP contribution in [0.25, 0.3) is 0 Å². The van der Waals surface area contributed by atoms with Gasteiger partial charge in [-0.05, 0) is 42.3 Å². The Balaban J connectivity index is 2.01. The summed E-state index contributed by atoms with van der Waals surface area (Å²) >= 11 is 3.44. The van der Waals surface area contributed by atoms with Crippen LogP contribution in [0.3, 0.4) is 0 Å². The molecule has 3 nitrogen and oxygen atoms in total. The Bertz CT molecular complexity index is 652. The Labute approximate surface area is 132 Å². The van der Waals surface area contributed by atoms with Gasteiger partial charge < -0.3 is 14.6 Å². The fourth-order valence-electron chi connectivity index (χ4n) is 2.42. The molecule has 2 aromatic carbocycles. The van der Waals surface area contributed by atoms with Crippen LogP contribution in [0.5, 0.6) is 11.5 Å². The molecule has 0 bridgehead atoms. The van der Waals surface area contributed by atoms with Crippen LogP contribution in [-0.2, 0) is 5.60 Å². The molecule has 1 atom stereocenters. The number of fused-ring (bicyclic) bond motifs is 1. The summed E-state index contributed by atoms with van der Waals surface area (Å²) in [5.41, 5.74) is 0.519. The van der Waals surface area contributed by atoms with Crippen LogP contribution in [-0.4, -0.2) is 18.3 Å². The summed E-state index contributed by atoms with van der Waals surface area (Å²) in [6.07, 6.45) is 0.867. The van der Waals surface area contributed by atoms with Crippen molar-refractivity contribution < 1.29 is 14.6 Å². The summed E-state index contributed by atoms with van der Waals surface area (Å²) in [5, 5.41) is 10.9. The maximum atomic E-state index is 10.9. The van der Waals surface area contributed by atoms with Crippen LogP contribution in [0.2, 0.25) is 0 Å².